The maximum atomic E-state index is 12.7. The second kappa shape index (κ2) is 8.55. The second-order valence-corrected chi connectivity index (χ2v) is 8.67. The van der Waals surface area contributed by atoms with E-state index in [0.717, 1.165) is 12.8 Å². The topological polar surface area (TPSA) is 93.2 Å². The fraction of sp³-hybridized carbons (Fsp3) is 0.529. The number of esters is 1. The van der Waals surface area contributed by atoms with Crippen molar-refractivity contribution in [2.75, 3.05) is 46.0 Å². The molecule has 0 aromatic heterocycles. The summed E-state index contributed by atoms with van der Waals surface area (Å²) in [6.07, 6.45) is 1.87. The Bertz CT molecular complexity index is 817. The number of morpholine rings is 1. The third kappa shape index (κ3) is 4.60. The first kappa shape index (κ1) is 20.1. The van der Waals surface area contributed by atoms with Crippen molar-refractivity contribution in [1.29, 1.82) is 0 Å². The van der Waals surface area contributed by atoms with E-state index in [-0.39, 0.29) is 34.5 Å². The lowest BCUT2D eigenvalue weighted by molar-refractivity contribution is -0.133. The fourth-order valence-electron chi connectivity index (χ4n) is 3.02. The fourth-order valence-corrected chi connectivity index (χ4v) is 4.65. The smallest absolute Gasteiger partial charge is 0.340 e. The first-order chi connectivity index (χ1) is 12.9. The quantitative estimate of drug-likeness (QED) is 0.668. The van der Waals surface area contributed by atoms with Crippen molar-refractivity contribution in [1.82, 2.24) is 9.21 Å². The van der Waals surface area contributed by atoms with Crippen LogP contribution in [0.25, 0.3) is 0 Å². The van der Waals surface area contributed by atoms with E-state index in [0.29, 0.717) is 26.3 Å². The van der Waals surface area contributed by atoms with Crippen LogP contribution >= 0.6 is 11.6 Å². The molecule has 3 rings (SSSR count). The van der Waals surface area contributed by atoms with Crippen LogP contribution in [0.3, 0.4) is 0 Å². The van der Waals surface area contributed by atoms with Gasteiger partial charge >= 0.3 is 5.97 Å². The Morgan fingerprint density at radius 3 is 2.44 bits per heavy atom. The number of sulfonamides is 1. The van der Waals surface area contributed by atoms with Crippen molar-refractivity contribution < 1.29 is 27.5 Å². The zero-order valence-corrected chi connectivity index (χ0v) is 16.3. The van der Waals surface area contributed by atoms with Gasteiger partial charge < -0.3 is 14.4 Å². The van der Waals surface area contributed by atoms with Crippen LogP contribution < -0.4 is 0 Å². The summed E-state index contributed by atoms with van der Waals surface area (Å²) in [5.74, 6) is -1.10. The van der Waals surface area contributed by atoms with Crippen LogP contribution in [0.4, 0.5) is 0 Å². The average Bonchev–Trinajstić information content (AvgIpc) is 3.21. The molecule has 0 saturated carbocycles. The summed E-state index contributed by atoms with van der Waals surface area (Å²) in [4.78, 5) is 25.9. The van der Waals surface area contributed by atoms with Gasteiger partial charge in [-0.1, -0.05) is 11.6 Å². The van der Waals surface area contributed by atoms with Crippen LogP contribution in [-0.4, -0.2) is 75.5 Å². The number of rotatable bonds is 5. The normalized spacial score (nSPS) is 18.5. The van der Waals surface area contributed by atoms with E-state index >= 15 is 0 Å². The van der Waals surface area contributed by atoms with E-state index in [1.807, 2.05) is 0 Å². The summed E-state index contributed by atoms with van der Waals surface area (Å²) in [6, 6.07) is 3.88. The molecule has 2 aliphatic rings. The van der Waals surface area contributed by atoms with Gasteiger partial charge in [-0.3, -0.25) is 4.79 Å². The Balaban J connectivity index is 1.72. The average molecular weight is 417 g/mol. The van der Waals surface area contributed by atoms with Crippen molar-refractivity contribution in [3.8, 4) is 0 Å². The van der Waals surface area contributed by atoms with Crippen LogP contribution in [0.15, 0.2) is 23.1 Å². The van der Waals surface area contributed by atoms with E-state index in [1.54, 1.807) is 4.90 Å². The summed E-state index contributed by atoms with van der Waals surface area (Å²) >= 11 is 6.04. The molecule has 0 unspecified atom stereocenters. The highest BCUT2D eigenvalue weighted by Gasteiger charge is 2.28. The molecule has 0 aliphatic carbocycles. The van der Waals surface area contributed by atoms with Crippen LogP contribution in [0.2, 0.25) is 5.02 Å². The van der Waals surface area contributed by atoms with Crippen LogP contribution in [-0.2, 0) is 24.3 Å². The molecule has 27 heavy (non-hydrogen) atoms. The van der Waals surface area contributed by atoms with E-state index in [4.69, 9.17) is 21.1 Å². The zero-order valence-electron chi connectivity index (χ0n) is 14.7. The van der Waals surface area contributed by atoms with Crippen molar-refractivity contribution >= 4 is 33.5 Å². The molecule has 1 aromatic carbocycles. The Morgan fingerprint density at radius 2 is 1.78 bits per heavy atom. The standard InChI is InChI=1S/C17H21ClN2O6S/c18-15-4-3-13(27(23,24)20-7-9-25-10-8-20)11-14(15)17(22)26-12-16(21)19-5-1-2-6-19/h3-4,11H,1-2,5-10,12H2. The molecular formula is C17H21ClN2O6S. The van der Waals surface area contributed by atoms with Crippen molar-refractivity contribution in [2.45, 2.75) is 17.7 Å². The number of amides is 1. The summed E-state index contributed by atoms with van der Waals surface area (Å²) in [5, 5.41) is 0.0644. The molecule has 2 heterocycles. The second-order valence-electron chi connectivity index (χ2n) is 6.32. The number of nitrogens with zero attached hydrogens (tertiary/aromatic N) is 2. The Hall–Kier alpha value is -1.68. The van der Waals surface area contributed by atoms with Gasteiger partial charge in [0, 0.05) is 26.2 Å². The number of hydrogen-bond donors (Lipinski definition) is 0. The molecule has 10 heteroatoms. The molecule has 0 bridgehead atoms. The van der Waals surface area contributed by atoms with E-state index in [2.05, 4.69) is 0 Å². The van der Waals surface area contributed by atoms with Gasteiger partial charge in [-0.15, -0.1) is 0 Å². The van der Waals surface area contributed by atoms with Gasteiger partial charge in [0.05, 0.1) is 28.7 Å². The van der Waals surface area contributed by atoms with E-state index in [9.17, 15) is 18.0 Å². The molecular weight excluding hydrogens is 396 g/mol. The minimum atomic E-state index is -3.77. The van der Waals surface area contributed by atoms with Gasteiger partial charge in [0.1, 0.15) is 0 Å². The van der Waals surface area contributed by atoms with Crippen molar-refractivity contribution in [3.63, 3.8) is 0 Å². The summed E-state index contributed by atoms with van der Waals surface area (Å²) in [7, 11) is -3.77. The molecule has 0 spiro atoms. The van der Waals surface area contributed by atoms with Crippen LogP contribution in [0.1, 0.15) is 23.2 Å². The lowest BCUT2D eigenvalue weighted by Gasteiger charge is -2.26. The third-order valence-electron chi connectivity index (χ3n) is 4.55. The third-order valence-corrected chi connectivity index (χ3v) is 6.78. The summed E-state index contributed by atoms with van der Waals surface area (Å²) in [5.41, 5.74) is -0.0831. The van der Waals surface area contributed by atoms with Gasteiger partial charge in [-0.05, 0) is 31.0 Å². The lowest BCUT2D eigenvalue weighted by Crippen LogP contribution is -2.40. The van der Waals surface area contributed by atoms with Gasteiger partial charge in [0.2, 0.25) is 10.0 Å². The number of likely N-dealkylation sites (tertiary alicyclic amines) is 1. The van der Waals surface area contributed by atoms with Crippen molar-refractivity contribution in [2.24, 2.45) is 0 Å². The highest BCUT2D eigenvalue weighted by molar-refractivity contribution is 7.89. The largest absolute Gasteiger partial charge is 0.452 e. The highest BCUT2D eigenvalue weighted by atomic mass is 35.5. The minimum Gasteiger partial charge on any atom is -0.452 e. The number of carbonyl (C=O) groups excluding carboxylic acids is 2. The SMILES string of the molecule is O=C(OCC(=O)N1CCCC1)c1cc(S(=O)(=O)N2CCOCC2)ccc1Cl. The van der Waals surface area contributed by atoms with Crippen LogP contribution in [0.5, 0.6) is 0 Å². The molecule has 0 radical (unpaired) electrons. The maximum Gasteiger partial charge on any atom is 0.340 e. The van der Waals surface area contributed by atoms with E-state index in [1.165, 1.54) is 22.5 Å². The van der Waals surface area contributed by atoms with Gasteiger partial charge in [0.15, 0.2) is 6.61 Å². The van der Waals surface area contributed by atoms with Crippen molar-refractivity contribution in [3.05, 3.63) is 28.8 Å². The molecule has 0 N–H and O–H groups in total. The van der Waals surface area contributed by atoms with Crippen LogP contribution in [0, 0.1) is 0 Å². The predicted octanol–water partition coefficient (Wildman–Crippen LogP) is 1.14. The lowest BCUT2D eigenvalue weighted by atomic mass is 10.2. The molecule has 2 fully saturated rings. The predicted molar refractivity (Wildman–Crippen MR) is 97.1 cm³/mol. The minimum absolute atomic E-state index is 0.0494. The maximum absolute atomic E-state index is 12.7. The number of carbonyl (C=O) groups is 2. The molecule has 1 amide bonds. The highest BCUT2D eigenvalue weighted by Crippen LogP contribution is 2.24. The molecule has 148 valence electrons. The summed E-state index contributed by atoms with van der Waals surface area (Å²) in [6.45, 7) is 2.05. The van der Waals surface area contributed by atoms with Gasteiger partial charge in [0.25, 0.3) is 5.91 Å². The number of ether oxygens (including phenoxy) is 2. The monoisotopic (exact) mass is 416 g/mol. The van der Waals surface area contributed by atoms with E-state index < -0.39 is 22.6 Å². The first-order valence-corrected chi connectivity index (χ1v) is 10.5. The number of benzene rings is 1. The molecule has 8 nitrogen and oxygen atoms in total. The zero-order chi connectivity index (χ0) is 19.4. The Labute approximate surface area is 163 Å². The van der Waals surface area contributed by atoms with Gasteiger partial charge in [-0.2, -0.15) is 4.31 Å². The van der Waals surface area contributed by atoms with Gasteiger partial charge in [-0.25, -0.2) is 13.2 Å². The Kier molecular flexibility index (Phi) is 6.36. The molecule has 2 aliphatic heterocycles. The summed E-state index contributed by atoms with van der Waals surface area (Å²) < 4.78 is 37.0. The molecule has 0 atom stereocenters. The first-order valence-electron chi connectivity index (χ1n) is 8.72. The molecule has 2 saturated heterocycles. The Morgan fingerprint density at radius 1 is 1.11 bits per heavy atom. The number of hydrogen-bond acceptors (Lipinski definition) is 6. The number of halogens is 1. The molecule has 1 aromatic rings.